The lowest BCUT2D eigenvalue weighted by Crippen LogP contribution is -2.39. The summed E-state index contributed by atoms with van der Waals surface area (Å²) in [5, 5.41) is 2.82. The topological polar surface area (TPSA) is 50.8 Å². The third kappa shape index (κ3) is 4.16. The van der Waals surface area contributed by atoms with Crippen molar-refractivity contribution in [3.05, 3.63) is 48.0 Å². The average Bonchev–Trinajstić information content (AvgIpc) is 3.17. The molecule has 3 rings (SSSR count). The maximum atomic E-state index is 13.0. The predicted molar refractivity (Wildman–Crippen MR) is 100.0 cm³/mol. The van der Waals surface area contributed by atoms with Crippen molar-refractivity contribution in [2.24, 2.45) is 0 Å². The molecule has 0 saturated carbocycles. The van der Waals surface area contributed by atoms with Crippen molar-refractivity contribution in [3.8, 4) is 11.5 Å². The van der Waals surface area contributed by atoms with E-state index in [9.17, 15) is 18.0 Å². The van der Waals surface area contributed by atoms with Gasteiger partial charge in [-0.15, -0.1) is 0 Å². The van der Waals surface area contributed by atoms with Crippen LogP contribution in [-0.2, 0) is 11.0 Å². The Labute approximate surface area is 161 Å². The number of hydrogen-bond donors (Lipinski definition) is 1. The van der Waals surface area contributed by atoms with Gasteiger partial charge in [-0.25, -0.2) is 0 Å². The van der Waals surface area contributed by atoms with Crippen LogP contribution in [0.3, 0.4) is 0 Å². The average molecular weight is 394 g/mol. The Kier molecular flexibility index (Phi) is 5.67. The minimum atomic E-state index is -4.42. The second-order valence-electron chi connectivity index (χ2n) is 6.46. The minimum absolute atomic E-state index is 0.276. The fourth-order valence-electron chi connectivity index (χ4n) is 3.35. The molecule has 0 aliphatic carbocycles. The van der Waals surface area contributed by atoms with E-state index >= 15 is 0 Å². The third-order valence-corrected chi connectivity index (χ3v) is 4.71. The molecule has 0 unspecified atom stereocenters. The van der Waals surface area contributed by atoms with Crippen LogP contribution in [0.4, 0.5) is 24.5 Å². The van der Waals surface area contributed by atoms with Gasteiger partial charge in [-0.1, -0.05) is 6.07 Å². The molecule has 28 heavy (non-hydrogen) atoms. The number of anilines is 2. The van der Waals surface area contributed by atoms with Gasteiger partial charge in [0, 0.05) is 24.0 Å². The summed E-state index contributed by atoms with van der Waals surface area (Å²) in [6.07, 6.45) is -3.14. The first kappa shape index (κ1) is 19.9. The number of nitrogens with zero attached hydrogens (tertiary/aromatic N) is 1. The summed E-state index contributed by atoms with van der Waals surface area (Å²) in [5.74, 6) is 0.732. The maximum Gasteiger partial charge on any atom is 0.416 e. The fourth-order valence-corrected chi connectivity index (χ4v) is 3.35. The molecule has 1 saturated heterocycles. The molecule has 0 bridgehead atoms. The molecule has 1 N–H and O–H groups in total. The SMILES string of the molecule is COc1ccc(NC(=O)[C@H]2CCCN2c2cccc(C(F)(F)F)c2)cc1OC. The number of hydrogen-bond acceptors (Lipinski definition) is 4. The Morgan fingerprint density at radius 1 is 1.11 bits per heavy atom. The lowest BCUT2D eigenvalue weighted by Gasteiger charge is -2.26. The van der Waals surface area contributed by atoms with Gasteiger partial charge in [0.15, 0.2) is 11.5 Å². The van der Waals surface area contributed by atoms with E-state index in [1.807, 2.05) is 0 Å². The second kappa shape index (κ2) is 8.00. The summed E-state index contributed by atoms with van der Waals surface area (Å²) in [4.78, 5) is 14.5. The highest BCUT2D eigenvalue weighted by Gasteiger charge is 2.34. The van der Waals surface area contributed by atoms with Crippen LogP contribution in [0.1, 0.15) is 18.4 Å². The van der Waals surface area contributed by atoms with Gasteiger partial charge < -0.3 is 19.7 Å². The van der Waals surface area contributed by atoms with Crippen LogP contribution in [0, 0.1) is 0 Å². The Morgan fingerprint density at radius 2 is 1.86 bits per heavy atom. The van der Waals surface area contributed by atoms with Gasteiger partial charge in [0.1, 0.15) is 6.04 Å². The summed E-state index contributed by atoms with van der Waals surface area (Å²) < 4.78 is 49.4. The van der Waals surface area contributed by atoms with Gasteiger partial charge in [0.25, 0.3) is 0 Å². The fraction of sp³-hybridized carbons (Fsp3) is 0.350. The highest BCUT2D eigenvalue weighted by molar-refractivity contribution is 5.97. The highest BCUT2D eigenvalue weighted by atomic mass is 19.4. The van der Waals surface area contributed by atoms with Crippen LogP contribution in [0.5, 0.6) is 11.5 Å². The van der Waals surface area contributed by atoms with Crippen molar-refractivity contribution in [3.63, 3.8) is 0 Å². The molecule has 2 aromatic rings. The first-order valence-corrected chi connectivity index (χ1v) is 8.80. The van der Waals surface area contributed by atoms with E-state index in [1.54, 1.807) is 29.2 Å². The minimum Gasteiger partial charge on any atom is -0.493 e. The van der Waals surface area contributed by atoms with E-state index in [0.717, 1.165) is 18.6 Å². The van der Waals surface area contributed by atoms with E-state index in [0.29, 0.717) is 35.8 Å². The van der Waals surface area contributed by atoms with Crippen LogP contribution < -0.4 is 19.7 Å². The predicted octanol–water partition coefficient (Wildman–Crippen LogP) is 4.33. The molecule has 150 valence electrons. The summed E-state index contributed by atoms with van der Waals surface area (Å²) in [5.41, 5.74) is 0.189. The Bertz CT molecular complexity index is 855. The number of amides is 1. The molecule has 1 fully saturated rings. The summed E-state index contributed by atoms with van der Waals surface area (Å²) in [6, 6.07) is 9.52. The van der Waals surface area contributed by atoms with E-state index < -0.39 is 17.8 Å². The summed E-state index contributed by atoms with van der Waals surface area (Å²) >= 11 is 0. The zero-order valence-electron chi connectivity index (χ0n) is 15.5. The molecule has 0 aromatic heterocycles. The van der Waals surface area contributed by atoms with Gasteiger partial charge in [0.2, 0.25) is 5.91 Å². The zero-order chi connectivity index (χ0) is 20.3. The first-order chi connectivity index (χ1) is 13.3. The van der Waals surface area contributed by atoms with Gasteiger partial charge in [-0.3, -0.25) is 4.79 Å². The van der Waals surface area contributed by atoms with Crippen molar-refractivity contribution in [2.75, 3.05) is 31.0 Å². The summed E-state index contributed by atoms with van der Waals surface area (Å²) in [7, 11) is 3.01. The molecule has 5 nitrogen and oxygen atoms in total. The number of carbonyl (C=O) groups excluding carboxylic acids is 1. The molecule has 1 aliphatic heterocycles. The number of nitrogens with one attached hydrogen (secondary N) is 1. The van der Waals surface area contributed by atoms with Gasteiger partial charge in [-0.05, 0) is 43.2 Å². The number of halogens is 3. The molecule has 8 heteroatoms. The third-order valence-electron chi connectivity index (χ3n) is 4.71. The van der Waals surface area contributed by atoms with E-state index in [-0.39, 0.29) is 5.91 Å². The van der Waals surface area contributed by atoms with Crippen LogP contribution >= 0.6 is 0 Å². The smallest absolute Gasteiger partial charge is 0.416 e. The van der Waals surface area contributed by atoms with Crippen molar-refractivity contribution in [2.45, 2.75) is 25.1 Å². The van der Waals surface area contributed by atoms with Gasteiger partial charge in [0.05, 0.1) is 19.8 Å². The largest absolute Gasteiger partial charge is 0.493 e. The molecule has 1 amide bonds. The Balaban J connectivity index is 1.79. The lowest BCUT2D eigenvalue weighted by atomic mass is 10.1. The van der Waals surface area contributed by atoms with Crippen molar-refractivity contribution < 1.29 is 27.4 Å². The highest BCUT2D eigenvalue weighted by Crippen LogP contribution is 2.34. The molecular weight excluding hydrogens is 373 g/mol. The van der Waals surface area contributed by atoms with Gasteiger partial charge >= 0.3 is 6.18 Å². The van der Waals surface area contributed by atoms with Crippen LogP contribution in [0.2, 0.25) is 0 Å². The van der Waals surface area contributed by atoms with Crippen LogP contribution in [0.25, 0.3) is 0 Å². The molecule has 1 aliphatic rings. The maximum absolute atomic E-state index is 13.0. The van der Waals surface area contributed by atoms with Crippen LogP contribution in [0.15, 0.2) is 42.5 Å². The second-order valence-corrected chi connectivity index (χ2v) is 6.46. The summed E-state index contributed by atoms with van der Waals surface area (Å²) in [6.45, 7) is 0.519. The normalized spacial score (nSPS) is 16.8. The van der Waals surface area contributed by atoms with Crippen molar-refractivity contribution >= 4 is 17.3 Å². The monoisotopic (exact) mass is 394 g/mol. The Morgan fingerprint density at radius 3 is 2.54 bits per heavy atom. The van der Waals surface area contributed by atoms with E-state index in [1.165, 1.54) is 20.3 Å². The number of carbonyl (C=O) groups is 1. The molecule has 2 aromatic carbocycles. The van der Waals surface area contributed by atoms with Crippen molar-refractivity contribution in [1.82, 2.24) is 0 Å². The number of benzene rings is 2. The zero-order valence-corrected chi connectivity index (χ0v) is 15.5. The first-order valence-electron chi connectivity index (χ1n) is 8.80. The quantitative estimate of drug-likeness (QED) is 0.820. The molecular formula is C20H21F3N2O3. The van der Waals surface area contributed by atoms with Gasteiger partial charge in [-0.2, -0.15) is 13.2 Å². The molecule has 1 heterocycles. The number of methoxy groups -OCH3 is 2. The molecule has 1 atom stereocenters. The molecule has 0 spiro atoms. The lowest BCUT2D eigenvalue weighted by molar-refractivity contribution is -0.137. The standard InChI is InChI=1S/C20H21F3N2O3/c1-27-17-9-8-14(12-18(17)28-2)24-19(26)16-7-4-10-25(16)15-6-3-5-13(11-15)20(21,22)23/h3,5-6,8-9,11-12,16H,4,7,10H2,1-2H3,(H,24,26)/t16-/m1/s1. The van der Waals surface area contributed by atoms with E-state index in [2.05, 4.69) is 5.32 Å². The number of rotatable bonds is 5. The van der Waals surface area contributed by atoms with Crippen LogP contribution in [-0.4, -0.2) is 32.7 Å². The Hall–Kier alpha value is -2.90. The molecule has 0 radical (unpaired) electrons. The number of alkyl halides is 3. The van der Waals surface area contributed by atoms with E-state index in [4.69, 9.17) is 9.47 Å². The number of ether oxygens (including phenoxy) is 2. The van der Waals surface area contributed by atoms with Crippen molar-refractivity contribution in [1.29, 1.82) is 0 Å².